The summed E-state index contributed by atoms with van der Waals surface area (Å²) in [6.45, 7) is 0.558. The molecule has 3 aromatic rings. The molecule has 96 valence electrons. The lowest BCUT2D eigenvalue weighted by molar-refractivity contribution is 0.869. The van der Waals surface area contributed by atoms with Gasteiger partial charge in [-0.2, -0.15) is 0 Å². The summed E-state index contributed by atoms with van der Waals surface area (Å²) in [6, 6.07) is 8.06. The highest BCUT2D eigenvalue weighted by Crippen LogP contribution is 2.21. The lowest BCUT2D eigenvalue weighted by Gasteiger charge is -2.03. The van der Waals surface area contributed by atoms with Gasteiger partial charge in [0.25, 0.3) is 0 Å². The SMILES string of the molecule is Cn1cnc2cc(-c3ccnc(CCN)n3)ccc21. The van der Waals surface area contributed by atoms with Crippen LogP contribution in [-0.2, 0) is 13.5 Å². The molecule has 2 aromatic heterocycles. The fraction of sp³-hybridized carbons (Fsp3) is 0.214. The van der Waals surface area contributed by atoms with Crippen LogP contribution < -0.4 is 5.73 Å². The van der Waals surface area contributed by atoms with Crippen molar-refractivity contribution in [1.82, 2.24) is 19.5 Å². The molecule has 0 radical (unpaired) electrons. The van der Waals surface area contributed by atoms with Gasteiger partial charge in [-0.1, -0.05) is 6.07 Å². The van der Waals surface area contributed by atoms with Crippen molar-refractivity contribution in [3.05, 3.63) is 42.6 Å². The number of imidazole rings is 1. The van der Waals surface area contributed by atoms with Gasteiger partial charge in [0.05, 0.1) is 23.1 Å². The first-order valence-corrected chi connectivity index (χ1v) is 6.21. The van der Waals surface area contributed by atoms with Crippen molar-refractivity contribution < 1.29 is 0 Å². The van der Waals surface area contributed by atoms with Crippen LogP contribution >= 0.6 is 0 Å². The van der Waals surface area contributed by atoms with Crippen molar-refractivity contribution in [3.63, 3.8) is 0 Å². The summed E-state index contributed by atoms with van der Waals surface area (Å²) in [5, 5.41) is 0. The Morgan fingerprint density at radius 3 is 2.95 bits per heavy atom. The summed E-state index contributed by atoms with van der Waals surface area (Å²) in [4.78, 5) is 13.1. The molecule has 2 N–H and O–H groups in total. The highest BCUT2D eigenvalue weighted by atomic mass is 15.0. The molecule has 0 amide bonds. The molecule has 19 heavy (non-hydrogen) atoms. The number of hydrogen-bond donors (Lipinski definition) is 1. The van der Waals surface area contributed by atoms with Crippen molar-refractivity contribution >= 4 is 11.0 Å². The number of fused-ring (bicyclic) bond motifs is 1. The van der Waals surface area contributed by atoms with Crippen LogP contribution in [0.25, 0.3) is 22.3 Å². The summed E-state index contributed by atoms with van der Waals surface area (Å²) >= 11 is 0. The van der Waals surface area contributed by atoms with Gasteiger partial charge in [0.2, 0.25) is 0 Å². The van der Waals surface area contributed by atoms with E-state index in [1.807, 2.05) is 30.1 Å². The van der Waals surface area contributed by atoms with E-state index in [9.17, 15) is 0 Å². The summed E-state index contributed by atoms with van der Waals surface area (Å²) in [5.74, 6) is 0.779. The lowest BCUT2D eigenvalue weighted by atomic mass is 10.1. The molecule has 5 nitrogen and oxygen atoms in total. The molecule has 0 aliphatic heterocycles. The predicted molar refractivity (Wildman–Crippen MR) is 74.5 cm³/mol. The first-order valence-electron chi connectivity index (χ1n) is 6.21. The fourth-order valence-corrected chi connectivity index (χ4v) is 2.10. The fourth-order valence-electron chi connectivity index (χ4n) is 2.10. The van der Waals surface area contributed by atoms with Crippen molar-refractivity contribution in [1.29, 1.82) is 0 Å². The Hall–Kier alpha value is -2.27. The summed E-state index contributed by atoms with van der Waals surface area (Å²) < 4.78 is 2.00. The molecule has 0 aliphatic rings. The molecule has 3 rings (SSSR count). The smallest absolute Gasteiger partial charge is 0.130 e. The standard InChI is InChI=1S/C14H15N5/c1-19-9-17-12-8-10(2-3-13(12)19)11-5-7-16-14(18-11)4-6-15/h2-3,5,7-9H,4,6,15H2,1H3. The number of aryl methyl sites for hydroxylation is 1. The number of aromatic nitrogens is 4. The zero-order valence-corrected chi connectivity index (χ0v) is 10.7. The normalized spacial score (nSPS) is 11.1. The second kappa shape index (κ2) is 4.78. The molecule has 0 unspecified atom stereocenters. The summed E-state index contributed by atoms with van der Waals surface area (Å²) in [6.07, 6.45) is 4.28. The van der Waals surface area contributed by atoms with Crippen LogP contribution in [-0.4, -0.2) is 26.1 Å². The second-order valence-corrected chi connectivity index (χ2v) is 4.46. The van der Waals surface area contributed by atoms with Crippen LogP contribution in [0, 0.1) is 0 Å². The highest BCUT2D eigenvalue weighted by molar-refractivity contribution is 5.81. The first-order chi connectivity index (χ1) is 9.28. The van der Waals surface area contributed by atoms with Gasteiger partial charge < -0.3 is 10.3 Å². The highest BCUT2D eigenvalue weighted by Gasteiger charge is 2.05. The van der Waals surface area contributed by atoms with Gasteiger partial charge in [-0.15, -0.1) is 0 Å². The Morgan fingerprint density at radius 1 is 1.21 bits per heavy atom. The Balaban J connectivity index is 2.05. The van der Waals surface area contributed by atoms with Crippen LogP contribution in [0.2, 0.25) is 0 Å². The Bertz CT molecular complexity index is 717. The van der Waals surface area contributed by atoms with E-state index in [2.05, 4.69) is 27.1 Å². The third-order valence-electron chi connectivity index (χ3n) is 3.09. The Morgan fingerprint density at radius 2 is 2.11 bits per heavy atom. The van der Waals surface area contributed by atoms with E-state index in [1.54, 1.807) is 6.20 Å². The van der Waals surface area contributed by atoms with Crippen molar-refractivity contribution in [2.75, 3.05) is 6.54 Å². The number of nitrogens with two attached hydrogens (primary N) is 1. The molecule has 0 fully saturated rings. The molecule has 0 aliphatic carbocycles. The third kappa shape index (κ3) is 2.20. The zero-order chi connectivity index (χ0) is 13.2. The molecule has 0 saturated carbocycles. The third-order valence-corrected chi connectivity index (χ3v) is 3.09. The molecule has 1 aromatic carbocycles. The Labute approximate surface area is 111 Å². The van der Waals surface area contributed by atoms with E-state index in [0.29, 0.717) is 13.0 Å². The minimum atomic E-state index is 0.558. The van der Waals surface area contributed by atoms with Gasteiger partial charge in [-0.25, -0.2) is 15.0 Å². The molecule has 0 spiro atoms. The molecule has 5 heteroatoms. The largest absolute Gasteiger partial charge is 0.334 e. The minimum absolute atomic E-state index is 0.558. The topological polar surface area (TPSA) is 69.6 Å². The van der Waals surface area contributed by atoms with Crippen LogP contribution in [0.5, 0.6) is 0 Å². The maximum Gasteiger partial charge on any atom is 0.130 e. The van der Waals surface area contributed by atoms with E-state index in [-0.39, 0.29) is 0 Å². The minimum Gasteiger partial charge on any atom is -0.334 e. The quantitative estimate of drug-likeness (QED) is 0.768. The number of nitrogens with zero attached hydrogens (tertiary/aromatic N) is 4. The molecular formula is C14H15N5. The maximum atomic E-state index is 5.53. The first kappa shape index (κ1) is 11.8. The van der Waals surface area contributed by atoms with Crippen LogP contribution in [0.15, 0.2) is 36.8 Å². The number of hydrogen-bond acceptors (Lipinski definition) is 4. The van der Waals surface area contributed by atoms with E-state index < -0.39 is 0 Å². The van der Waals surface area contributed by atoms with Crippen molar-refractivity contribution in [2.24, 2.45) is 12.8 Å². The monoisotopic (exact) mass is 253 g/mol. The molecular weight excluding hydrogens is 238 g/mol. The van der Waals surface area contributed by atoms with Gasteiger partial charge in [0, 0.05) is 25.2 Å². The molecule has 2 heterocycles. The zero-order valence-electron chi connectivity index (χ0n) is 10.7. The molecule has 0 atom stereocenters. The molecule has 0 saturated heterocycles. The number of benzene rings is 1. The maximum absolute atomic E-state index is 5.53. The number of rotatable bonds is 3. The van der Waals surface area contributed by atoms with E-state index in [4.69, 9.17) is 5.73 Å². The van der Waals surface area contributed by atoms with Crippen molar-refractivity contribution in [3.8, 4) is 11.3 Å². The van der Waals surface area contributed by atoms with E-state index in [1.165, 1.54) is 0 Å². The van der Waals surface area contributed by atoms with E-state index >= 15 is 0 Å². The van der Waals surface area contributed by atoms with Gasteiger partial charge in [-0.3, -0.25) is 0 Å². The molecule has 0 bridgehead atoms. The van der Waals surface area contributed by atoms with Crippen LogP contribution in [0.1, 0.15) is 5.82 Å². The van der Waals surface area contributed by atoms with Gasteiger partial charge in [0.1, 0.15) is 5.82 Å². The van der Waals surface area contributed by atoms with Crippen molar-refractivity contribution in [2.45, 2.75) is 6.42 Å². The van der Waals surface area contributed by atoms with Gasteiger partial charge in [0.15, 0.2) is 0 Å². The lowest BCUT2D eigenvalue weighted by Crippen LogP contribution is -2.06. The summed E-state index contributed by atoms with van der Waals surface area (Å²) in [5.41, 5.74) is 9.57. The summed E-state index contributed by atoms with van der Waals surface area (Å²) in [7, 11) is 1.99. The average molecular weight is 253 g/mol. The van der Waals surface area contributed by atoms with Crippen LogP contribution in [0.3, 0.4) is 0 Å². The predicted octanol–water partition coefficient (Wildman–Crippen LogP) is 1.53. The average Bonchev–Trinajstić information content (AvgIpc) is 2.81. The van der Waals surface area contributed by atoms with E-state index in [0.717, 1.165) is 28.1 Å². The van der Waals surface area contributed by atoms with Gasteiger partial charge >= 0.3 is 0 Å². The Kier molecular flexibility index (Phi) is 2.97. The van der Waals surface area contributed by atoms with Gasteiger partial charge in [-0.05, 0) is 24.7 Å². The van der Waals surface area contributed by atoms with Crippen LogP contribution in [0.4, 0.5) is 0 Å². The second-order valence-electron chi connectivity index (χ2n) is 4.46.